The molecule has 0 amide bonds. The number of likely N-dealkylation sites (tertiary alicyclic amines) is 1. The lowest BCUT2D eigenvalue weighted by molar-refractivity contribution is -0.887. The van der Waals surface area contributed by atoms with Gasteiger partial charge in [0.25, 0.3) is 0 Å². The first-order chi connectivity index (χ1) is 9.65. The second kappa shape index (κ2) is 7.60. The number of quaternary nitrogens is 1. The fourth-order valence-electron chi connectivity index (χ4n) is 2.66. The number of hydrogen-bond donors (Lipinski definition) is 3. The van der Waals surface area contributed by atoms with Crippen LogP contribution in [0.5, 0.6) is 0 Å². The lowest BCUT2D eigenvalue weighted by Crippen LogP contribution is -3.10. The molecule has 0 atom stereocenters. The summed E-state index contributed by atoms with van der Waals surface area (Å²) in [5.41, 5.74) is 3.66. The first-order valence-corrected chi connectivity index (χ1v) is 8.01. The van der Waals surface area contributed by atoms with Crippen LogP contribution >= 0.6 is 12.2 Å². The van der Waals surface area contributed by atoms with Crippen molar-refractivity contribution in [2.75, 3.05) is 31.5 Å². The minimum atomic E-state index is 0.727. The van der Waals surface area contributed by atoms with E-state index in [4.69, 9.17) is 12.2 Å². The summed E-state index contributed by atoms with van der Waals surface area (Å²) in [5.74, 6) is 0. The smallest absolute Gasteiger partial charge is 0.170 e. The van der Waals surface area contributed by atoms with Crippen molar-refractivity contribution in [1.29, 1.82) is 0 Å². The first kappa shape index (κ1) is 15.3. The quantitative estimate of drug-likeness (QED) is 0.569. The summed E-state index contributed by atoms with van der Waals surface area (Å²) in [6.45, 7) is 9.17. The van der Waals surface area contributed by atoms with Crippen LogP contribution in [0.4, 0.5) is 5.69 Å². The summed E-state index contributed by atoms with van der Waals surface area (Å²) in [4.78, 5) is 1.75. The van der Waals surface area contributed by atoms with Crippen LogP contribution in [-0.4, -0.2) is 31.3 Å². The minimum Gasteiger partial charge on any atom is -0.362 e. The second-order valence-electron chi connectivity index (χ2n) is 5.74. The van der Waals surface area contributed by atoms with Crippen molar-refractivity contribution in [3.8, 4) is 0 Å². The lowest BCUT2D eigenvalue weighted by atomic mass is 10.1. The third-order valence-corrected chi connectivity index (χ3v) is 4.31. The third kappa shape index (κ3) is 4.76. The maximum absolute atomic E-state index is 5.33. The monoisotopic (exact) mass is 292 g/mol. The maximum Gasteiger partial charge on any atom is 0.170 e. The molecule has 3 N–H and O–H groups in total. The van der Waals surface area contributed by atoms with E-state index in [1.54, 1.807) is 4.90 Å². The van der Waals surface area contributed by atoms with E-state index in [1.807, 2.05) is 0 Å². The van der Waals surface area contributed by atoms with Crippen LogP contribution in [0.25, 0.3) is 0 Å². The Morgan fingerprint density at radius 1 is 1.20 bits per heavy atom. The van der Waals surface area contributed by atoms with Gasteiger partial charge in [0.2, 0.25) is 0 Å². The average molecular weight is 292 g/mol. The highest BCUT2D eigenvalue weighted by atomic mass is 32.1. The van der Waals surface area contributed by atoms with Gasteiger partial charge >= 0.3 is 0 Å². The van der Waals surface area contributed by atoms with Crippen molar-refractivity contribution in [1.82, 2.24) is 5.32 Å². The largest absolute Gasteiger partial charge is 0.362 e. The van der Waals surface area contributed by atoms with Gasteiger partial charge in [-0.15, -0.1) is 0 Å². The standard InChI is InChI=1S/C16H25N3S/c1-13-6-7-15(12-14(13)2)18-16(20)17-8-5-11-19-9-3-4-10-19/h6-7,12H,3-5,8-11H2,1-2H3,(H2,17,18,20)/p+1. The van der Waals surface area contributed by atoms with Crippen molar-refractivity contribution in [3.63, 3.8) is 0 Å². The first-order valence-electron chi connectivity index (χ1n) is 7.61. The lowest BCUT2D eigenvalue weighted by Gasteiger charge is -2.14. The molecule has 0 saturated carbocycles. The van der Waals surface area contributed by atoms with Gasteiger partial charge in [-0.05, 0) is 49.3 Å². The van der Waals surface area contributed by atoms with Gasteiger partial charge < -0.3 is 15.5 Å². The predicted molar refractivity (Wildman–Crippen MR) is 89.6 cm³/mol. The van der Waals surface area contributed by atoms with E-state index in [-0.39, 0.29) is 0 Å². The van der Waals surface area contributed by atoms with E-state index in [1.165, 1.54) is 50.0 Å². The molecule has 1 heterocycles. The van der Waals surface area contributed by atoms with Gasteiger partial charge in [-0.1, -0.05) is 6.07 Å². The molecule has 0 radical (unpaired) electrons. The van der Waals surface area contributed by atoms with Crippen LogP contribution in [0, 0.1) is 13.8 Å². The molecule has 0 unspecified atom stereocenters. The van der Waals surface area contributed by atoms with E-state index < -0.39 is 0 Å². The second-order valence-corrected chi connectivity index (χ2v) is 6.15. The molecule has 0 bridgehead atoms. The van der Waals surface area contributed by atoms with Crippen LogP contribution in [-0.2, 0) is 0 Å². The van der Waals surface area contributed by atoms with E-state index in [0.29, 0.717) is 0 Å². The molecule has 1 aliphatic rings. The Labute approximate surface area is 127 Å². The molecule has 0 aliphatic carbocycles. The molecule has 1 aromatic carbocycles. The van der Waals surface area contributed by atoms with Gasteiger partial charge in [-0.2, -0.15) is 0 Å². The number of aryl methyl sites for hydroxylation is 2. The minimum absolute atomic E-state index is 0.727. The van der Waals surface area contributed by atoms with E-state index in [9.17, 15) is 0 Å². The Balaban J connectivity index is 1.65. The zero-order valence-corrected chi connectivity index (χ0v) is 13.4. The fourth-order valence-corrected chi connectivity index (χ4v) is 2.88. The highest BCUT2D eigenvalue weighted by molar-refractivity contribution is 7.80. The summed E-state index contributed by atoms with van der Waals surface area (Å²) in [6.07, 6.45) is 3.98. The van der Waals surface area contributed by atoms with Crippen LogP contribution in [0.15, 0.2) is 18.2 Å². The fraction of sp³-hybridized carbons (Fsp3) is 0.562. The average Bonchev–Trinajstić information content (AvgIpc) is 2.92. The Morgan fingerprint density at radius 2 is 1.95 bits per heavy atom. The van der Waals surface area contributed by atoms with E-state index >= 15 is 0 Å². The van der Waals surface area contributed by atoms with Gasteiger partial charge in [0.1, 0.15) is 0 Å². The Hall–Kier alpha value is -1.13. The van der Waals surface area contributed by atoms with Gasteiger partial charge in [-0.25, -0.2) is 0 Å². The van der Waals surface area contributed by atoms with Crippen LogP contribution < -0.4 is 15.5 Å². The Morgan fingerprint density at radius 3 is 2.65 bits per heavy atom. The van der Waals surface area contributed by atoms with Gasteiger partial charge in [0.05, 0.1) is 19.6 Å². The summed E-state index contributed by atoms with van der Waals surface area (Å²) in [7, 11) is 0. The molecular formula is C16H26N3S+. The zero-order chi connectivity index (χ0) is 14.4. The van der Waals surface area contributed by atoms with Gasteiger partial charge in [-0.3, -0.25) is 0 Å². The number of nitrogens with one attached hydrogen (secondary N) is 3. The Kier molecular flexibility index (Phi) is 5.80. The molecule has 20 heavy (non-hydrogen) atoms. The van der Waals surface area contributed by atoms with Crippen molar-refractivity contribution in [2.45, 2.75) is 33.1 Å². The Bertz CT molecular complexity index is 453. The molecule has 1 aromatic rings. The third-order valence-electron chi connectivity index (χ3n) is 4.07. The molecule has 1 fully saturated rings. The number of rotatable bonds is 5. The number of hydrogen-bond acceptors (Lipinski definition) is 1. The normalized spacial score (nSPS) is 15.3. The molecule has 4 heteroatoms. The maximum atomic E-state index is 5.33. The molecule has 1 saturated heterocycles. The van der Waals surface area contributed by atoms with Gasteiger partial charge in [0, 0.05) is 31.5 Å². The van der Waals surface area contributed by atoms with Gasteiger partial charge in [0.15, 0.2) is 5.11 Å². The summed E-state index contributed by atoms with van der Waals surface area (Å²) in [6, 6.07) is 6.33. The highest BCUT2D eigenvalue weighted by Crippen LogP contribution is 2.13. The molecule has 2 rings (SSSR count). The molecule has 0 aromatic heterocycles. The predicted octanol–water partition coefficient (Wildman–Crippen LogP) is 1.66. The van der Waals surface area contributed by atoms with E-state index in [2.05, 4.69) is 42.7 Å². The topological polar surface area (TPSA) is 28.5 Å². The van der Waals surface area contributed by atoms with E-state index in [0.717, 1.165) is 17.3 Å². The number of anilines is 1. The zero-order valence-electron chi connectivity index (χ0n) is 12.6. The van der Waals surface area contributed by atoms with Crippen LogP contribution in [0.2, 0.25) is 0 Å². The summed E-state index contributed by atoms with van der Waals surface area (Å²) in [5, 5.41) is 7.27. The van der Waals surface area contributed by atoms with Crippen molar-refractivity contribution < 1.29 is 4.90 Å². The van der Waals surface area contributed by atoms with Crippen LogP contribution in [0.3, 0.4) is 0 Å². The summed E-state index contributed by atoms with van der Waals surface area (Å²) >= 11 is 5.33. The highest BCUT2D eigenvalue weighted by Gasteiger charge is 2.13. The number of benzene rings is 1. The van der Waals surface area contributed by atoms with Crippen molar-refractivity contribution >= 4 is 23.0 Å². The van der Waals surface area contributed by atoms with Crippen LogP contribution in [0.1, 0.15) is 30.4 Å². The van der Waals surface area contributed by atoms with Crippen molar-refractivity contribution in [2.24, 2.45) is 0 Å². The molecule has 0 spiro atoms. The SMILES string of the molecule is Cc1ccc(NC(=S)NCCC[NH+]2CCCC2)cc1C. The number of thiocarbonyl (C=S) groups is 1. The van der Waals surface area contributed by atoms with Crippen molar-refractivity contribution in [3.05, 3.63) is 29.3 Å². The molecular weight excluding hydrogens is 266 g/mol. The molecule has 3 nitrogen and oxygen atoms in total. The summed E-state index contributed by atoms with van der Waals surface area (Å²) < 4.78 is 0. The molecule has 1 aliphatic heterocycles. The molecule has 110 valence electrons.